The van der Waals surface area contributed by atoms with Crippen LogP contribution in [0.1, 0.15) is 19.3 Å². The number of piperidine rings is 1. The van der Waals surface area contributed by atoms with Crippen molar-refractivity contribution in [1.82, 2.24) is 19.7 Å². The van der Waals surface area contributed by atoms with Crippen LogP contribution < -0.4 is 15.8 Å². The topological polar surface area (TPSA) is 87.0 Å². The Kier molecular flexibility index (Phi) is 8.08. The van der Waals surface area contributed by atoms with Gasteiger partial charge in [-0.2, -0.15) is 0 Å². The molecule has 2 aromatic rings. The van der Waals surface area contributed by atoms with Gasteiger partial charge in [0, 0.05) is 44.1 Å². The number of carbonyl (C=O) groups excluding carboxylic acids is 1. The predicted molar refractivity (Wildman–Crippen MR) is 125 cm³/mol. The summed E-state index contributed by atoms with van der Waals surface area (Å²) < 4.78 is 5.82. The molecule has 0 radical (unpaired) electrons. The maximum Gasteiger partial charge on any atom is 0.323 e. The smallest absolute Gasteiger partial charge is 0.323 e. The fourth-order valence-corrected chi connectivity index (χ4v) is 3.72. The predicted octanol–water partition coefficient (Wildman–Crippen LogP) is 3.34. The van der Waals surface area contributed by atoms with Crippen LogP contribution in [0, 0.1) is 0 Å². The second kappa shape index (κ2) is 11.0. The molecule has 1 aliphatic rings. The minimum atomic E-state index is -0.150. The number of pyridine rings is 1. The molecule has 1 aromatic carbocycles. The van der Waals surface area contributed by atoms with Gasteiger partial charge in [0.05, 0.1) is 0 Å². The molecule has 2 heterocycles. The number of nitrogen functional groups attached to an aromatic ring is 1. The number of hydrogen-bond donors (Lipinski definition) is 2. The molecule has 1 aliphatic heterocycles. The van der Waals surface area contributed by atoms with Crippen LogP contribution in [0.3, 0.4) is 0 Å². The third-order valence-corrected chi connectivity index (χ3v) is 5.59. The summed E-state index contributed by atoms with van der Waals surface area (Å²) in [6, 6.07) is 10.7. The Bertz CT molecular complexity index is 834. The fraction of sp³-hybridized carbons (Fsp3) is 0.478. The highest BCUT2D eigenvalue weighted by molar-refractivity contribution is 5.88. The van der Waals surface area contributed by atoms with Gasteiger partial charge in [0.1, 0.15) is 17.3 Å². The zero-order valence-corrected chi connectivity index (χ0v) is 18.8. The van der Waals surface area contributed by atoms with Crippen molar-refractivity contribution < 1.29 is 9.53 Å². The van der Waals surface area contributed by atoms with Crippen molar-refractivity contribution in [3.05, 3.63) is 42.6 Å². The van der Waals surface area contributed by atoms with Crippen LogP contribution in [0.25, 0.3) is 0 Å². The van der Waals surface area contributed by atoms with Crippen LogP contribution in [0.2, 0.25) is 0 Å². The Morgan fingerprint density at radius 2 is 1.87 bits per heavy atom. The van der Waals surface area contributed by atoms with Crippen LogP contribution in [-0.4, -0.2) is 79.1 Å². The summed E-state index contributed by atoms with van der Waals surface area (Å²) in [7, 11) is 6.07. The lowest BCUT2D eigenvalue weighted by Gasteiger charge is -2.36. The molecule has 1 fully saturated rings. The highest BCUT2D eigenvalue weighted by Gasteiger charge is 2.25. The highest BCUT2D eigenvalue weighted by atomic mass is 16.5. The van der Waals surface area contributed by atoms with E-state index in [0.29, 0.717) is 23.0 Å². The third-order valence-electron chi connectivity index (χ3n) is 5.59. The van der Waals surface area contributed by atoms with Gasteiger partial charge in [-0.3, -0.25) is 5.32 Å². The summed E-state index contributed by atoms with van der Waals surface area (Å²) in [4.78, 5) is 23.5. The van der Waals surface area contributed by atoms with Crippen molar-refractivity contribution in [2.75, 3.05) is 58.4 Å². The van der Waals surface area contributed by atoms with E-state index in [2.05, 4.69) is 34.2 Å². The highest BCUT2D eigenvalue weighted by Crippen LogP contribution is 2.24. The molecule has 0 atom stereocenters. The SMILES string of the molecule is CN(C)CCCN1CCC(N(C)C(=O)Nc2cc(Oc3ccc(N)cc3)ccn2)CC1. The number of ether oxygens (including phenoxy) is 1. The zero-order valence-electron chi connectivity index (χ0n) is 18.8. The van der Waals surface area contributed by atoms with E-state index in [0.717, 1.165) is 39.0 Å². The first-order valence-corrected chi connectivity index (χ1v) is 10.8. The number of amides is 2. The van der Waals surface area contributed by atoms with Gasteiger partial charge in [-0.05, 0) is 76.8 Å². The van der Waals surface area contributed by atoms with E-state index in [1.165, 1.54) is 6.42 Å². The van der Waals surface area contributed by atoms with Crippen molar-refractivity contribution in [2.45, 2.75) is 25.3 Å². The number of likely N-dealkylation sites (tertiary alicyclic amines) is 1. The van der Waals surface area contributed by atoms with Gasteiger partial charge >= 0.3 is 6.03 Å². The second-order valence-electron chi connectivity index (χ2n) is 8.32. The Labute approximate surface area is 185 Å². The van der Waals surface area contributed by atoms with Crippen LogP contribution >= 0.6 is 0 Å². The molecule has 0 unspecified atom stereocenters. The largest absolute Gasteiger partial charge is 0.457 e. The number of nitrogens with two attached hydrogens (primary N) is 1. The van der Waals surface area contributed by atoms with Crippen molar-refractivity contribution in [3.63, 3.8) is 0 Å². The maximum atomic E-state index is 12.7. The van der Waals surface area contributed by atoms with Gasteiger partial charge in [-0.1, -0.05) is 0 Å². The molecule has 0 bridgehead atoms. The minimum absolute atomic E-state index is 0.150. The van der Waals surface area contributed by atoms with E-state index in [4.69, 9.17) is 10.5 Å². The molecule has 8 heteroatoms. The molecule has 31 heavy (non-hydrogen) atoms. The lowest BCUT2D eigenvalue weighted by Crippen LogP contribution is -2.47. The Balaban J connectivity index is 1.48. The summed E-state index contributed by atoms with van der Waals surface area (Å²) in [5, 5.41) is 2.89. The molecular weight excluding hydrogens is 392 g/mol. The average Bonchev–Trinajstić information content (AvgIpc) is 2.75. The number of nitrogens with one attached hydrogen (secondary N) is 1. The molecule has 168 valence electrons. The quantitative estimate of drug-likeness (QED) is 0.630. The summed E-state index contributed by atoms with van der Waals surface area (Å²) in [5.41, 5.74) is 6.38. The number of rotatable bonds is 8. The normalized spacial score (nSPS) is 15.1. The standard InChI is InChI=1S/C23H34N6O2/c1-27(2)13-4-14-29-15-10-19(11-16-29)28(3)23(30)26-22-17-21(9-12-25-22)31-20-7-5-18(24)6-8-20/h5-9,12,17,19H,4,10-11,13-16,24H2,1-3H3,(H,25,26,30). The summed E-state index contributed by atoms with van der Waals surface area (Å²) in [6.07, 6.45) is 4.77. The van der Waals surface area contributed by atoms with Crippen molar-refractivity contribution in [3.8, 4) is 11.5 Å². The van der Waals surface area contributed by atoms with Gasteiger partial charge in [0.15, 0.2) is 0 Å². The molecule has 3 N–H and O–H groups in total. The van der Waals surface area contributed by atoms with Crippen molar-refractivity contribution in [2.24, 2.45) is 0 Å². The van der Waals surface area contributed by atoms with Crippen LogP contribution in [0.5, 0.6) is 11.5 Å². The molecule has 8 nitrogen and oxygen atoms in total. The monoisotopic (exact) mass is 426 g/mol. The van der Waals surface area contributed by atoms with E-state index < -0.39 is 0 Å². The first kappa shape index (κ1) is 22.8. The number of hydrogen-bond acceptors (Lipinski definition) is 6. The van der Waals surface area contributed by atoms with Crippen LogP contribution in [-0.2, 0) is 0 Å². The molecule has 1 saturated heterocycles. The average molecular weight is 427 g/mol. The summed E-state index contributed by atoms with van der Waals surface area (Å²) >= 11 is 0. The summed E-state index contributed by atoms with van der Waals surface area (Å²) in [5.74, 6) is 1.74. The molecular formula is C23H34N6O2. The van der Waals surface area contributed by atoms with Gasteiger partial charge in [0.2, 0.25) is 0 Å². The van der Waals surface area contributed by atoms with E-state index in [9.17, 15) is 4.79 Å². The Morgan fingerprint density at radius 3 is 2.55 bits per heavy atom. The van der Waals surface area contributed by atoms with Crippen LogP contribution in [0.4, 0.5) is 16.3 Å². The van der Waals surface area contributed by atoms with Crippen molar-refractivity contribution in [1.29, 1.82) is 0 Å². The molecule has 0 saturated carbocycles. The number of aromatic nitrogens is 1. The minimum Gasteiger partial charge on any atom is -0.457 e. The molecule has 1 aromatic heterocycles. The van der Waals surface area contributed by atoms with Gasteiger partial charge in [-0.25, -0.2) is 9.78 Å². The molecule has 3 rings (SSSR count). The first-order chi connectivity index (χ1) is 14.9. The number of urea groups is 1. The van der Waals surface area contributed by atoms with Gasteiger partial charge in [0.25, 0.3) is 0 Å². The van der Waals surface area contributed by atoms with Gasteiger partial charge < -0.3 is 25.2 Å². The number of anilines is 2. The number of carbonyl (C=O) groups is 1. The second-order valence-corrected chi connectivity index (χ2v) is 8.32. The first-order valence-electron chi connectivity index (χ1n) is 10.8. The van der Waals surface area contributed by atoms with E-state index in [-0.39, 0.29) is 12.1 Å². The molecule has 0 spiro atoms. The number of nitrogens with zero attached hydrogens (tertiary/aromatic N) is 4. The Hall–Kier alpha value is -2.84. The summed E-state index contributed by atoms with van der Waals surface area (Å²) in [6.45, 7) is 4.28. The Morgan fingerprint density at radius 1 is 1.16 bits per heavy atom. The zero-order chi connectivity index (χ0) is 22.2. The third kappa shape index (κ3) is 7.11. The van der Waals surface area contributed by atoms with E-state index in [1.807, 2.05) is 7.05 Å². The fourth-order valence-electron chi connectivity index (χ4n) is 3.72. The van der Waals surface area contributed by atoms with Crippen LogP contribution in [0.15, 0.2) is 42.6 Å². The van der Waals surface area contributed by atoms with Gasteiger partial charge in [-0.15, -0.1) is 0 Å². The number of benzene rings is 1. The lowest BCUT2D eigenvalue weighted by atomic mass is 10.0. The molecule has 2 amide bonds. The molecule has 0 aliphatic carbocycles. The van der Waals surface area contributed by atoms with E-state index >= 15 is 0 Å². The van der Waals surface area contributed by atoms with Crippen molar-refractivity contribution >= 4 is 17.5 Å². The van der Waals surface area contributed by atoms with E-state index in [1.54, 1.807) is 47.5 Å². The lowest BCUT2D eigenvalue weighted by molar-refractivity contribution is 0.138. The maximum absolute atomic E-state index is 12.7.